The van der Waals surface area contributed by atoms with Crippen LogP contribution in [0.4, 0.5) is 8.78 Å². The van der Waals surface area contributed by atoms with Gasteiger partial charge in [0.05, 0.1) is 6.07 Å². The van der Waals surface area contributed by atoms with Gasteiger partial charge in [0.2, 0.25) is 0 Å². The van der Waals surface area contributed by atoms with Gasteiger partial charge >= 0.3 is 0 Å². The fourth-order valence-electron chi connectivity index (χ4n) is 0.777. The smallest absolute Gasteiger partial charge is 0.148 e. The summed E-state index contributed by atoms with van der Waals surface area (Å²) in [5, 5.41) is 7.28. The van der Waals surface area contributed by atoms with Crippen LogP contribution in [0.15, 0.2) is 18.2 Å². The van der Waals surface area contributed by atoms with E-state index in [2.05, 4.69) is 0 Å². The van der Waals surface area contributed by atoms with E-state index in [9.17, 15) is 8.78 Å². The topological polar surface area (TPSA) is 23.8 Å². The molecule has 0 bridgehead atoms. The van der Waals surface area contributed by atoms with E-state index in [1.54, 1.807) is 6.07 Å². The van der Waals surface area contributed by atoms with Crippen LogP contribution in [0.3, 0.4) is 0 Å². The number of rotatable bonds is 1. The lowest BCUT2D eigenvalue weighted by molar-refractivity contribution is 0.574. The standard InChI is InChI=1S/C8H4ClF2N/c9-7(4-12)6-2-1-5(10)3-8(6)11/h1-3,7H. The lowest BCUT2D eigenvalue weighted by Gasteiger charge is -2.01. The van der Waals surface area contributed by atoms with E-state index >= 15 is 0 Å². The van der Waals surface area contributed by atoms with Gasteiger partial charge < -0.3 is 0 Å². The van der Waals surface area contributed by atoms with Gasteiger partial charge in [0.15, 0.2) is 0 Å². The van der Waals surface area contributed by atoms with Gasteiger partial charge in [0, 0.05) is 11.6 Å². The number of halogens is 3. The minimum absolute atomic E-state index is 0.000525. The summed E-state index contributed by atoms with van der Waals surface area (Å²) in [4.78, 5) is 0. The number of nitrogens with zero attached hydrogens (tertiary/aromatic N) is 1. The molecule has 0 aliphatic carbocycles. The Labute approximate surface area is 73.2 Å². The first-order valence-corrected chi connectivity index (χ1v) is 3.57. The van der Waals surface area contributed by atoms with E-state index in [0.717, 1.165) is 12.1 Å². The van der Waals surface area contributed by atoms with Gasteiger partial charge in [-0.15, -0.1) is 11.6 Å². The second kappa shape index (κ2) is 3.51. The van der Waals surface area contributed by atoms with Crippen LogP contribution in [0.1, 0.15) is 10.9 Å². The molecule has 1 aromatic carbocycles. The third kappa shape index (κ3) is 1.72. The first kappa shape index (κ1) is 8.95. The molecule has 1 atom stereocenters. The maximum Gasteiger partial charge on any atom is 0.148 e. The molecule has 0 radical (unpaired) electrons. The van der Waals surface area contributed by atoms with Gasteiger partial charge in [-0.05, 0) is 6.07 Å². The fourth-order valence-corrected chi connectivity index (χ4v) is 0.954. The van der Waals surface area contributed by atoms with Crippen molar-refractivity contribution in [1.82, 2.24) is 0 Å². The van der Waals surface area contributed by atoms with Gasteiger partial charge in [-0.2, -0.15) is 5.26 Å². The average Bonchev–Trinajstić information content (AvgIpc) is 2.03. The molecule has 1 nitrogen and oxygen atoms in total. The van der Waals surface area contributed by atoms with E-state index < -0.39 is 17.0 Å². The monoisotopic (exact) mass is 187 g/mol. The lowest BCUT2D eigenvalue weighted by Crippen LogP contribution is -1.92. The van der Waals surface area contributed by atoms with Crippen LogP contribution >= 0.6 is 11.6 Å². The van der Waals surface area contributed by atoms with E-state index in [1.165, 1.54) is 0 Å². The molecule has 0 saturated carbocycles. The zero-order chi connectivity index (χ0) is 9.14. The maximum absolute atomic E-state index is 12.8. The number of benzene rings is 1. The Hall–Kier alpha value is -1.14. The molecule has 4 heteroatoms. The van der Waals surface area contributed by atoms with Crippen molar-refractivity contribution in [2.45, 2.75) is 5.38 Å². The van der Waals surface area contributed by atoms with Gasteiger partial charge in [-0.3, -0.25) is 0 Å². The summed E-state index contributed by atoms with van der Waals surface area (Å²) in [7, 11) is 0. The van der Waals surface area contributed by atoms with Gasteiger partial charge in [-0.1, -0.05) is 6.07 Å². The Balaban J connectivity index is 3.11. The van der Waals surface area contributed by atoms with Crippen molar-refractivity contribution < 1.29 is 8.78 Å². The molecule has 0 N–H and O–H groups in total. The molecule has 0 aliphatic heterocycles. The van der Waals surface area contributed by atoms with Crippen molar-refractivity contribution in [3.05, 3.63) is 35.4 Å². The minimum Gasteiger partial charge on any atom is -0.207 e. The van der Waals surface area contributed by atoms with Gasteiger partial charge in [-0.25, -0.2) is 8.78 Å². The lowest BCUT2D eigenvalue weighted by atomic mass is 10.1. The number of nitriles is 1. The quantitative estimate of drug-likeness (QED) is 0.621. The molecule has 0 aromatic heterocycles. The van der Waals surface area contributed by atoms with Gasteiger partial charge in [0.25, 0.3) is 0 Å². The highest BCUT2D eigenvalue weighted by Crippen LogP contribution is 2.22. The molecule has 62 valence electrons. The van der Waals surface area contributed by atoms with E-state index in [4.69, 9.17) is 16.9 Å². The van der Waals surface area contributed by atoms with Crippen molar-refractivity contribution in [2.75, 3.05) is 0 Å². The summed E-state index contributed by atoms with van der Waals surface area (Å²) < 4.78 is 25.2. The Morgan fingerprint density at radius 2 is 2.08 bits per heavy atom. The van der Waals surface area contributed by atoms with Crippen LogP contribution in [0.5, 0.6) is 0 Å². The minimum atomic E-state index is -1.06. The average molecular weight is 188 g/mol. The molecule has 0 fully saturated rings. The number of alkyl halides is 1. The molecular weight excluding hydrogens is 184 g/mol. The van der Waals surface area contributed by atoms with Crippen molar-refractivity contribution in [3.63, 3.8) is 0 Å². The zero-order valence-electron chi connectivity index (χ0n) is 5.89. The van der Waals surface area contributed by atoms with Crippen LogP contribution in [-0.4, -0.2) is 0 Å². The molecule has 1 unspecified atom stereocenters. The Morgan fingerprint density at radius 1 is 1.42 bits per heavy atom. The first-order valence-electron chi connectivity index (χ1n) is 3.14. The summed E-state index contributed by atoms with van der Waals surface area (Å²) in [6.45, 7) is 0. The van der Waals surface area contributed by atoms with Crippen molar-refractivity contribution in [2.24, 2.45) is 0 Å². The second-order valence-corrected chi connectivity index (χ2v) is 2.59. The second-order valence-electron chi connectivity index (χ2n) is 2.16. The van der Waals surface area contributed by atoms with Crippen molar-refractivity contribution in [3.8, 4) is 6.07 Å². The summed E-state index contributed by atoms with van der Waals surface area (Å²) >= 11 is 5.42. The highest BCUT2D eigenvalue weighted by atomic mass is 35.5. The highest BCUT2D eigenvalue weighted by molar-refractivity contribution is 6.22. The molecule has 1 aromatic rings. The molecule has 0 spiro atoms. The molecule has 0 saturated heterocycles. The number of hydrogen-bond acceptors (Lipinski definition) is 1. The van der Waals surface area contributed by atoms with Crippen LogP contribution in [-0.2, 0) is 0 Å². The number of hydrogen-bond donors (Lipinski definition) is 0. The molecule has 0 amide bonds. The summed E-state index contributed by atoms with van der Waals surface area (Å²) in [6, 6.07) is 4.56. The summed E-state index contributed by atoms with van der Waals surface area (Å²) in [5.74, 6) is -1.48. The molecule has 0 heterocycles. The third-order valence-corrected chi connectivity index (χ3v) is 1.68. The Morgan fingerprint density at radius 3 is 2.58 bits per heavy atom. The Kier molecular flexibility index (Phi) is 2.61. The van der Waals surface area contributed by atoms with Crippen molar-refractivity contribution >= 4 is 11.6 Å². The third-order valence-electron chi connectivity index (χ3n) is 1.35. The molecule has 1 rings (SSSR count). The van der Waals surface area contributed by atoms with Crippen molar-refractivity contribution in [1.29, 1.82) is 5.26 Å². The summed E-state index contributed by atoms with van der Waals surface area (Å²) in [6.07, 6.45) is 0. The molecular formula is C8H4ClF2N. The Bertz CT molecular complexity index is 332. The predicted octanol–water partition coefficient (Wildman–Crippen LogP) is 2.77. The largest absolute Gasteiger partial charge is 0.207 e. The SMILES string of the molecule is N#CC(Cl)c1ccc(F)cc1F. The molecule has 0 aliphatic rings. The van der Waals surface area contributed by atoms with Crippen LogP contribution < -0.4 is 0 Å². The van der Waals surface area contributed by atoms with E-state index in [1.807, 2.05) is 0 Å². The van der Waals surface area contributed by atoms with E-state index in [-0.39, 0.29) is 5.56 Å². The zero-order valence-corrected chi connectivity index (χ0v) is 6.65. The predicted molar refractivity (Wildman–Crippen MR) is 40.6 cm³/mol. The van der Waals surface area contributed by atoms with Crippen LogP contribution in [0.25, 0.3) is 0 Å². The molecule has 12 heavy (non-hydrogen) atoms. The van der Waals surface area contributed by atoms with E-state index in [0.29, 0.717) is 6.07 Å². The van der Waals surface area contributed by atoms with Crippen LogP contribution in [0.2, 0.25) is 0 Å². The highest BCUT2D eigenvalue weighted by Gasteiger charge is 2.11. The van der Waals surface area contributed by atoms with Gasteiger partial charge in [0.1, 0.15) is 17.0 Å². The summed E-state index contributed by atoms with van der Waals surface area (Å²) in [5.41, 5.74) is 0.000525. The normalized spacial score (nSPS) is 12.2. The fraction of sp³-hybridized carbons (Fsp3) is 0.125. The maximum atomic E-state index is 12.8. The first-order chi connectivity index (χ1) is 5.65. The van der Waals surface area contributed by atoms with Crippen LogP contribution in [0, 0.1) is 23.0 Å².